The molecule has 1 unspecified atom stereocenters. The second-order valence-electron chi connectivity index (χ2n) is 3.85. The molecule has 1 heterocycles. The normalized spacial score (nSPS) is 20.1. The maximum Gasteiger partial charge on any atom is 0.161 e. The molecule has 3 nitrogen and oxygen atoms in total. The zero-order valence-electron chi connectivity index (χ0n) is 9.20. The van der Waals surface area contributed by atoms with Crippen molar-refractivity contribution in [1.29, 1.82) is 5.26 Å². The Morgan fingerprint density at radius 1 is 1.59 bits per heavy atom. The van der Waals surface area contributed by atoms with E-state index >= 15 is 0 Å². The Morgan fingerprint density at radius 2 is 2.41 bits per heavy atom. The number of hydrogen-bond acceptors (Lipinski definition) is 3. The van der Waals surface area contributed by atoms with E-state index in [1.165, 1.54) is 6.07 Å². The number of hydrogen-bond donors (Lipinski definition) is 0. The van der Waals surface area contributed by atoms with Gasteiger partial charge in [-0.25, -0.2) is 4.39 Å². The van der Waals surface area contributed by atoms with Gasteiger partial charge in [-0.05, 0) is 17.7 Å². The number of ether oxygens (including phenoxy) is 1. The predicted octanol–water partition coefficient (Wildman–Crippen LogP) is 2.45. The van der Waals surface area contributed by atoms with Gasteiger partial charge in [-0.15, -0.1) is 0 Å². The molecule has 0 bridgehead atoms. The van der Waals surface area contributed by atoms with E-state index in [2.05, 4.69) is 22.0 Å². The Bertz CT molecular complexity index is 447. The monoisotopic (exact) mass is 298 g/mol. The summed E-state index contributed by atoms with van der Waals surface area (Å²) in [5.74, 6) is -0.250. The molecule has 0 aromatic heterocycles. The molecule has 1 aromatic rings. The predicted molar refractivity (Wildman–Crippen MR) is 66.6 cm³/mol. The molecule has 1 aromatic carbocycles. The van der Waals surface area contributed by atoms with Gasteiger partial charge in [0.15, 0.2) is 6.10 Å². The Kier molecular flexibility index (Phi) is 3.97. The third-order valence-electron chi connectivity index (χ3n) is 2.72. The summed E-state index contributed by atoms with van der Waals surface area (Å²) in [7, 11) is 0. The molecule has 17 heavy (non-hydrogen) atoms. The van der Waals surface area contributed by atoms with Crippen molar-refractivity contribution in [2.45, 2.75) is 11.4 Å². The van der Waals surface area contributed by atoms with Gasteiger partial charge in [0, 0.05) is 11.9 Å². The number of alkyl halides is 1. The second kappa shape index (κ2) is 5.48. The van der Waals surface area contributed by atoms with Gasteiger partial charge in [0.1, 0.15) is 5.82 Å². The van der Waals surface area contributed by atoms with Gasteiger partial charge in [0.05, 0.1) is 24.9 Å². The quantitative estimate of drug-likeness (QED) is 0.787. The van der Waals surface area contributed by atoms with Crippen LogP contribution in [0.25, 0.3) is 0 Å². The van der Waals surface area contributed by atoms with Crippen molar-refractivity contribution in [3.05, 3.63) is 29.6 Å². The number of nitrogens with zero attached hydrogens (tertiary/aromatic N) is 2. The van der Waals surface area contributed by atoms with E-state index in [0.717, 1.165) is 5.56 Å². The van der Waals surface area contributed by atoms with Crippen LogP contribution in [0.4, 0.5) is 10.1 Å². The summed E-state index contributed by atoms with van der Waals surface area (Å²) in [5.41, 5.74) is 1.44. The summed E-state index contributed by atoms with van der Waals surface area (Å²) in [4.78, 5) is 1.85. The van der Waals surface area contributed by atoms with Crippen molar-refractivity contribution < 1.29 is 9.13 Å². The van der Waals surface area contributed by atoms with E-state index in [0.29, 0.717) is 30.7 Å². The Balaban J connectivity index is 2.19. The van der Waals surface area contributed by atoms with Gasteiger partial charge < -0.3 is 9.64 Å². The lowest BCUT2D eigenvalue weighted by Gasteiger charge is -2.31. The summed E-state index contributed by atoms with van der Waals surface area (Å²) >= 11 is 3.29. The molecule has 0 saturated carbocycles. The third-order valence-corrected chi connectivity index (χ3v) is 3.37. The van der Waals surface area contributed by atoms with E-state index in [-0.39, 0.29) is 5.82 Å². The average molecular weight is 299 g/mol. The minimum atomic E-state index is -0.473. The third kappa shape index (κ3) is 2.76. The van der Waals surface area contributed by atoms with Gasteiger partial charge >= 0.3 is 0 Å². The molecular formula is C12H12BrFN2O. The maximum atomic E-state index is 13.9. The first-order valence-corrected chi connectivity index (χ1v) is 6.47. The molecule has 0 radical (unpaired) electrons. The highest BCUT2D eigenvalue weighted by atomic mass is 79.9. The first kappa shape index (κ1) is 12.3. The largest absolute Gasteiger partial charge is 0.363 e. The van der Waals surface area contributed by atoms with Crippen LogP contribution < -0.4 is 4.90 Å². The molecule has 90 valence electrons. The molecule has 2 rings (SSSR count). The number of halogens is 2. The Morgan fingerprint density at radius 3 is 3.06 bits per heavy atom. The number of rotatable bonds is 2. The standard InChI is InChI=1S/C12H12BrFN2O/c13-6-9-1-2-12(11(14)5-9)16-3-4-17-10(7-15)8-16/h1-2,5,10H,3-4,6,8H2. The van der Waals surface area contributed by atoms with Crippen LogP contribution in [0, 0.1) is 17.1 Å². The van der Waals surface area contributed by atoms with Crippen LogP contribution in [0.5, 0.6) is 0 Å². The summed E-state index contributed by atoms with van der Waals surface area (Å²) in [6.45, 7) is 1.49. The zero-order valence-corrected chi connectivity index (χ0v) is 10.8. The number of benzene rings is 1. The highest BCUT2D eigenvalue weighted by molar-refractivity contribution is 9.08. The molecule has 1 atom stereocenters. The topological polar surface area (TPSA) is 36.3 Å². The first-order valence-electron chi connectivity index (χ1n) is 5.35. The first-order chi connectivity index (χ1) is 8.24. The van der Waals surface area contributed by atoms with Gasteiger partial charge in [0.2, 0.25) is 0 Å². The Hall–Kier alpha value is -1.12. The van der Waals surface area contributed by atoms with Crippen molar-refractivity contribution in [3.8, 4) is 6.07 Å². The fourth-order valence-electron chi connectivity index (χ4n) is 1.84. The molecule has 0 aliphatic carbocycles. The van der Waals surface area contributed by atoms with Crippen LogP contribution in [-0.4, -0.2) is 25.8 Å². The molecule has 0 amide bonds. The minimum absolute atomic E-state index is 0.250. The lowest BCUT2D eigenvalue weighted by Crippen LogP contribution is -2.42. The molecule has 1 aliphatic heterocycles. The second-order valence-corrected chi connectivity index (χ2v) is 4.41. The molecular weight excluding hydrogens is 287 g/mol. The van der Waals surface area contributed by atoms with Crippen LogP contribution in [0.3, 0.4) is 0 Å². The van der Waals surface area contributed by atoms with Crippen molar-refractivity contribution in [1.82, 2.24) is 0 Å². The van der Waals surface area contributed by atoms with Crippen LogP contribution in [0.1, 0.15) is 5.56 Å². The molecule has 0 spiro atoms. The zero-order chi connectivity index (χ0) is 12.3. The smallest absolute Gasteiger partial charge is 0.161 e. The summed E-state index contributed by atoms with van der Waals surface area (Å²) < 4.78 is 19.1. The van der Waals surface area contributed by atoms with Crippen LogP contribution in [-0.2, 0) is 10.1 Å². The summed E-state index contributed by atoms with van der Waals surface area (Å²) in [5, 5.41) is 9.44. The molecule has 1 aliphatic rings. The van der Waals surface area contributed by atoms with Crippen LogP contribution >= 0.6 is 15.9 Å². The van der Waals surface area contributed by atoms with E-state index < -0.39 is 6.10 Å². The molecule has 1 fully saturated rings. The van der Waals surface area contributed by atoms with E-state index in [1.807, 2.05) is 11.0 Å². The van der Waals surface area contributed by atoms with Gasteiger partial charge in [-0.2, -0.15) is 5.26 Å². The van der Waals surface area contributed by atoms with E-state index in [1.54, 1.807) is 6.07 Å². The average Bonchev–Trinajstić information content (AvgIpc) is 2.38. The van der Waals surface area contributed by atoms with E-state index in [4.69, 9.17) is 10.00 Å². The minimum Gasteiger partial charge on any atom is -0.363 e. The Labute approximate surface area is 108 Å². The highest BCUT2D eigenvalue weighted by Gasteiger charge is 2.22. The SMILES string of the molecule is N#CC1CN(c2ccc(CBr)cc2F)CCO1. The molecule has 0 N–H and O–H groups in total. The van der Waals surface area contributed by atoms with E-state index in [9.17, 15) is 4.39 Å². The van der Waals surface area contributed by atoms with Crippen molar-refractivity contribution in [2.75, 3.05) is 24.6 Å². The lowest BCUT2D eigenvalue weighted by atomic mass is 10.2. The maximum absolute atomic E-state index is 13.9. The van der Waals surface area contributed by atoms with Crippen LogP contribution in [0.15, 0.2) is 18.2 Å². The van der Waals surface area contributed by atoms with Gasteiger partial charge in [0.25, 0.3) is 0 Å². The van der Waals surface area contributed by atoms with Crippen molar-refractivity contribution in [3.63, 3.8) is 0 Å². The summed E-state index contributed by atoms with van der Waals surface area (Å²) in [6.07, 6.45) is -0.473. The number of nitriles is 1. The van der Waals surface area contributed by atoms with Gasteiger partial charge in [-0.3, -0.25) is 0 Å². The molecule has 1 saturated heterocycles. The van der Waals surface area contributed by atoms with Crippen molar-refractivity contribution in [2.24, 2.45) is 0 Å². The van der Waals surface area contributed by atoms with Crippen LogP contribution in [0.2, 0.25) is 0 Å². The highest BCUT2D eigenvalue weighted by Crippen LogP contribution is 2.23. The number of morpholine rings is 1. The molecule has 5 heteroatoms. The fraction of sp³-hybridized carbons (Fsp3) is 0.417. The fourth-order valence-corrected chi connectivity index (χ4v) is 2.18. The summed E-state index contributed by atoms with van der Waals surface area (Å²) in [6, 6.07) is 7.20. The van der Waals surface area contributed by atoms with Gasteiger partial charge in [-0.1, -0.05) is 22.0 Å². The lowest BCUT2D eigenvalue weighted by molar-refractivity contribution is 0.0762. The van der Waals surface area contributed by atoms with Crippen molar-refractivity contribution >= 4 is 21.6 Å². The number of anilines is 1.